The Morgan fingerprint density at radius 1 is 1.24 bits per heavy atom. The third-order valence-electron chi connectivity index (χ3n) is 5.47. The summed E-state index contributed by atoms with van der Waals surface area (Å²) in [4.78, 5) is 32.1. The molecule has 3 N–H and O–H groups in total. The largest absolute Gasteiger partial charge is 0.465 e. The molecule has 1 heterocycles. The van der Waals surface area contributed by atoms with Crippen molar-refractivity contribution in [3.05, 3.63) is 59.7 Å². The fourth-order valence-electron chi connectivity index (χ4n) is 3.52. The Kier molecular flexibility index (Phi) is 8.11. The number of oxazole rings is 1. The van der Waals surface area contributed by atoms with Crippen molar-refractivity contribution < 1.29 is 24.2 Å². The van der Waals surface area contributed by atoms with Crippen LogP contribution in [0, 0.1) is 12.3 Å². The number of nitrogens with one attached hydrogen (secondary N) is 1. The van der Waals surface area contributed by atoms with E-state index in [1.165, 1.54) is 4.90 Å². The molecule has 9 nitrogen and oxygen atoms in total. The fourth-order valence-corrected chi connectivity index (χ4v) is 3.52. The van der Waals surface area contributed by atoms with Gasteiger partial charge in [0.2, 0.25) is 0 Å². The van der Waals surface area contributed by atoms with Gasteiger partial charge < -0.3 is 29.7 Å². The summed E-state index contributed by atoms with van der Waals surface area (Å²) in [5.41, 5.74) is 2.24. The number of fused-ring (bicyclic) bond motifs is 1. The van der Waals surface area contributed by atoms with E-state index in [1.54, 1.807) is 18.2 Å². The molecular formula is C25H28N4O5. The highest BCUT2D eigenvalue weighted by Gasteiger charge is 2.27. The van der Waals surface area contributed by atoms with Gasteiger partial charge in [-0.2, -0.15) is 4.98 Å². The molecule has 0 spiro atoms. The van der Waals surface area contributed by atoms with Crippen molar-refractivity contribution in [2.75, 3.05) is 31.6 Å². The Morgan fingerprint density at radius 2 is 1.97 bits per heavy atom. The summed E-state index contributed by atoms with van der Waals surface area (Å²) in [5.74, 6) is 2.02. The summed E-state index contributed by atoms with van der Waals surface area (Å²) in [6.07, 6.45) is 3.28. The van der Waals surface area contributed by atoms with Crippen molar-refractivity contribution >= 4 is 29.1 Å². The predicted octanol–water partition coefficient (Wildman–Crippen LogP) is 2.60. The predicted molar refractivity (Wildman–Crippen MR) is 129 cm³/mol. The number of aliphatic hydroxyl groups excluding tert-OH is 1. The van der Waals surface area contributed by atoms with Crippen LogP contribution in [0.15, 0.2) is 52.9 Å². The Labute approximate surface area is 198 Å². The molecule has 0 radical (unpaired) electrons. The Hall–Kier alpha value is -4.03. The van der Waals surface area contributed by atoms with Crippen molar-refractivity contribution in [1.29, 1.82) is 0 Å². The second-order valence-corrected chi connectivity index (χ2v) is 7.90. The maximum atomic E-state index is 13.2. The van der Waals surface area contributed by atoms with E-state index in [2.05, 4.69) is 16.2 Å². The standard InChI is InChI=1S/C25H28N4O5/c1-4-13-29(16-21(30)20(27-25(32)33)14-17-9-7-6-8-10-17)23(31)18-11-12-19-22(15-18)34-24(26-19)28(3)5-2/h1,6-12,15,20-21,27,30H,5,13-14,16H2,2-3H3,(H,32,33)/t20?,21-/m1/s1. The molecule has 1 unspecified atom stereocenters. The number of carbonyl (C=O) groups excluding carboxylic acids is 1. The summed E-state index contributed by atoms with van der Waals surface area (Å²) in [6.45, 7) is 2.47. The van der Waals surface area contributed by atoms with Gasteiger partial charge in [0.1, 0.15) is 5.52 Å². The highest BCUT2D eigenvalue weighted by molar-refractivity contribution is 5.97. The van der Waals surface area contributed by atoms with E-state index < -0.39 is 24.1 Å². The van der Waals surface area contributed by atoms with Gasteiger partial charge in [-0.3, -0.25) is 4.79 Å². The lowest BCUT2D eigenvalue weighted by atomic mass is 10.0. The maximum Gasteiger partial charge on any atom is 0.404 e. The number of hydrogen-bond acceptors (Lipinski definition) is 6. The molecule has 0 fully saturated rings. The molecule has 178 valence electrons. The quantitative estimate of drug-likeness (QED) is 0.395. The zero-order chi connectivity index (χ0) is 24.7. The molecule has 0 aliphatic rings. The van der Waals surface area contributed by atoms with Crippen molar-refractivity contribution in [2.24, 2.45) is 0 Å². The molecule has 2 aromatic carbocycles. The third kappa shape index (κ3) is 6.05. The zero-order valence-corrected chi connectivity index (χ0v) is 19.1. The van der Waals surface area contributed by atoms with E-state index >= 15 is 0 Å². The second kappa shape index (κ2) is 11.2. The van der Waals surface area contributed by atoms with E-state index in [0.717, 1.165) is 5.56 Å². The number of benzene rings is 2. The van der Waals surface area contributed by atoms with Crippen LogP contribution in [0.25, 0.3) is 11.1 Å². The number of rotatable bonds is 10. The Morgan fingerprint density at radius 3 is 2.62 bits per heavy atom. The molecule has 3 rings (SSSR count). The molecule has 1 aromatic heterocycles. The van der Waals surface area contributed by atoms with E-state index in [1.807, 2.05) is 49.2 Å². The normalized spacial score (nSPS) is 12.5. The molecule has 0 saturated heterocycles. The average Bonchev–Trinajstić information content (AvgIpc) is 3.26. The van der Waals surface area contributed by atoms with Crippen LogP contribution in [0.5, 0.6) is 0 Å². The Balaban J connectivity index is 1.80. The minimum Gasteiger partial charge on any atom is -0.465 e. The van der Waals surface area contributed by atoms with E-state index in [9.17, 15) is 19.8 Å². The number of hydrogen-bond donors (Lipinski definition) is 3. The van der Waals surface area contributed by atoms with Gasteiger partial charge in [-0.05, 0) is 37.1 Å². The first-order valence-corrected chi connectivity index (χ1v) is 10.9. The zero-order valence-electron chi connectivity index (χ0n) is 19.1. The number of anilines is 1. The summed E-state index contributed by atoms with van der Waals surface area (Å²) < 4.78 is 5.76. The summed E-state index contributed by atoms with van der Waals surface area (Å²) in [6, 6.07) is 13.7. The molecule has 9 heteroatoms. The van der Waals surface area contributed by atoms with Crippen molar-refractivity contribution in [3.8, 4) is 12.3 Å². The number of amides is 2. The van der Waals surface area contributed by atoms with Crippen LogP contribution in [0.4, 0.5) is 10.8 Å². The average molecular weight is 465 g/mol. The summed E-state index contributed by atoms with van der Waals surface area (Å²) >= 11 is 0. The number of nitrogens with zero attached hydrogens (tertiary/aromatic N) is 3. The number of carbonyl (C=O) groups is 2. The SMILES string of the molecule is C#CCN(C[C@@H](O)C(Cc1ccccc1)NC(=O)O)C(=O)c1ccc2nc(N(C)CC)oc2c1. The second-order valence-electron chi connectivity index (χ2n) is 7.90. The third-order valence-corrected chi connectivity index (χ3v) is 5.47. The smallest absolute Gasteiger partial charge is 0.404 e. The molecule has 0 saturated carbocycles. The number of terminal acetylenes is 1. The molecule has 34 heavy (non-hydrogen) atoms. The molecule has 3 aromatic rings. The van der Waals surface area contributed by atoms with Gasteiger partial charge in [-0.1, -0.05) is 36.3 Å². The van der Waals surface area contributed by atoms with Crippen LogP contribution in [0.1, 0.15) is 22.8 Å². The molecular weight excluding hydrogens is 436 g/mol. The van der Waals surface area contributed by atoms with Crippen LogP contribution in [0.2, 0.25) is 0 Å². The van der Waals surface area contributed by atoms with Crippen molar-refractivity contribution in [3.63, 3.8) is 0 Å². The van der Waals surface area contributed by atoms with Gasteiger partial charge in [0.15, 0.2) is 5.58 Å². The van der Waals surface area contributed by atoms with Crippen LogP contribution in [-0.2, 0) is 6.42 Å². The van der Waals surface area contributed by atoms with E-state index in [4.69, 9.17) is 10.8 Å². The number of aliphatic hydroxyl groups is 1. The van der Waals surface area contributed by atoms with Gasteiger partial charge in [0.25, 0.3) is 11.9 Å². The Bertz CT molecular complexity index is 1170. The molecule has 0 bridgehead atoms. The minimum atomic E-state index is -1.27. The summed E-state index contributed by atoms with van der Waals surface area (Å²) in [5, 5.41) is 22.4. The highest BCUT2D eigenvalue weighted by atomic mass is 16.4. The number of aromatic nitrogens is 1. The lowest BCUT2D eigenvalue weighted by Crippen LogP contribution is -2.50. The van der Waals surface area contributed by atoms with Crippen molar-refractivity contribution in [2.45, 2.75) is 25.5 Å². The van der Waals surface area contributed by atoms with Crippen LogP contribution >= 0.6 is 0 Å². The fraction of sp³-hybridized carbons (Fsp3) is 0.320. The van der Waals surface area contributed by atoms with Gasteiger partial charge in [0.05, 0.1) is 18.7 Å². The van der Waals surface area contributed by atoms with Gasteiger partial charge in [-0.15, -0.1) is 6.42 Å². The summed E-state index contributed by atoms with van der Waals surface area (Å²) in [7, 11) is 1.85. The van der Waals surface area contributed by atoms with Gasteiger partial charge >= 0.3 is 6.09 Å². The molecule has 0 aliphatic carbocycles. The first-order valence-electron chi connectivity index (χ1n) is 10.9. The van der Waals surface area contributed by atoms with Crippen LogP contribution < -0.4 is 10.2 Å². The van der Waals surface area contributed by atoms with Gasteiger partial charge in [0, 0.05) is 25.7 Å². The number of carboxylic acid groups (broad SMARTS) is 1. The molecule has 0 aliphatic heterocycles. The first-order chi connectivity index (χ1) is 16.3. The topological polar surface area (TPSA) is 119 Å². The highest BCUT2D eigenvalue weighted by Crippen LogP contribution is 2.23. The van der Waals surface area contributed by atoms with Crippen LogP contribution in [-0.4, -0.2) is 70.9 Å². The van der Waals surface area contributed by atoms with E-state index in [0.29, 0.717) is 29.2 Å². The van der Waals surface area contributed by atoms with Gasteiger partial charge in [-0.25, -0.2) is 4.79 Å². The van der Waals surface area contributed by atoms with Crippen LogP contribution in [0.3, 0.4) is 0 Å². The van der Waals surface area contributed by atoms with Crippen molar-refractivity contribution in [1.82, 2.24) is 15.2 Å². The monoisotopic (exact) mass is 464 g/mol. The maximum absolute atomic E-state index is 13.2. The molecule has 2 amide bonds. The first kappa shape index (κ1) is 24.6. The minimum absolute atomic E-state index is 0.0563. The molecule has 2 atom stereocenters. The lowest BCUT2D eigenvalue weighted by molar-refractivity contribution is 0.0571. The van der Waals surface area contributed by atoms with E-state index in [-0.39, 0.29) is 19.5 Å². The lowest BCUT2D eigenvalue weighted by Gasteiger charge is -2.28.